The van der Waals surface area contributed by atoms with Gasteiger partial charge in [0, 0.05) is 9.50 Å². The van der Waals surface area contributed by atoms with E-state index in [9.17, 15) is 13.6 Å². The molecule has 1 fully saturated rings. The Labute approximate surface area is 121 Å². The SMILES string of the molecule is Cl.O=C1N[C@@H](c2cc(Cl)ccc2Br)C(F)(F)CO1. The molecule has 18 heavy (non-hydrogen) atoms. The molecule has 1 aliphatic rings. The van der Waals surface area contributed by atoms with Crippen molar-refractivity contribution >= 4 is 46.0 Å². The molecule has 100 valence electrons. The first-order chi connectivity index (χ1) is 7.90. The first-order valence-electron chi connectivity index (χ1n) is 4.66. The van der Waals surface area contributed by atoms with E-state index in [4.69, 9.17) is 11.6 Å². The van der Waals surface area contributed by atoms with E-state index in [1.165, 1.54) is 6.07 Å². The Kier molecular flexibility index (Phi) is 4.80. The van der Waals surface area contributed by atoms with Crippen LogP contribution in [0.5, 0.6) is 0 Å². The van der Waals surface area contributed by atoms with Gasteiger partial charge in [0.15, 0.2) is 6.61 Å². The van der Waals surface area contributed by atoms with Gasteiger partial charge in [-0.05, 0) is 23.8 Å². The van der Waals surface area contributed by atoms with Crippen LogP contribution in [0.15, 0.2) is 22.7 Å². The predicted molar refractivity (Wildman–Crippen MR) is 68.6 cm³/mol. The van der Waals surface area contributed by atoms with E-state index < -0.39 is 24.7 Å². The Morgan fingerprint density at radius 2 is 2.17 bits per heavy atom. The number of alkyl halides is 2. The third-order valence-electron chi connectivity index (χ3n) is 2.35. The lowest BCUT2D eigenvalue weighted by atomic mass is 10.0. The number of alkyl carbamates (subject to hydrolysis) is 1. The highest BCUT2D eigenvalue weighted by molar-refractivity contribution is 9.10. The fourth-order valence-electron chi connectivity index (χ4n) is 1.55. The number of carbonyl (C=O) groups excluding carboxylic acids is 1. The zero-order valence-corrected chi connectivity index (χ0v) is 11.9. The highest BCUT2D eigenvalue weighted by Gasteiger charge is 2.47. The lowest BCUT2D eigenvalue weighted by molar-refractivity contribution is -0.104. The van der Waals surface area contributed by atoms with Crippen molar-refractivity contribution < 1.29 is 18.3 Å². The summed E-state index contributed by atoms with van der Waals surface area (Å²) < 4.78 is 32.0. The zero-order valence-electron chi connectivity index (χ0n) is 8.75. The molecule has 1 heterocycles. The van der Waals surface area contributed by atoms with Gasteiger partial charge in [0.1, 0.15) is 6.04 Å². The molecule has 0 aliphatic carbocycles. The largest absolute Gasteiger partial charge is 0.443 e. The standard InChI is InChI=1S/C10H7BrClF2NO2.ClH/c11-7-2-1-5(12)3-6(7)8-10(13,14)4-17-9(16)15-8;/h1-3,8H,4H2,(H,15,16);1H/t8-;/m0./s1. The summed E-state index contributed by atoms with van der Waals surface area (Å²) in [7, 11) is 0. The average Bonchev–Trinajstić information content (AvgIpc) is 2.26. The minimum Gasteiger partial charge on any atom is -0.443 e. The fraction of sp³-hybridized carbons (Fsp3) is 0.300. The molecule has 0 saturated carbocycles. The van der Waals surface area contributed by atoms with E-state index in [0.717, 1.165) is 0 Å². The zero-order chi connectivity index (χ0) is 12.6. The van der Waals surface area contributed by atoms with Gasteiger partial charge in [0.25, 0.3) is 0 Å². The minimum absolute atomic E-state index is 0. The van der Waals surface area contributed by atoms with Crippen LogP contribution in [0.3, 0.4) is 0 Å². The molecule has 1 aromatic rings. The smallest absolute Gasteiger partial charge is 0.408 e. The van der Waals surface area contributed by atoms with Crippen molar-refractivity contribution in [1.82, 2.24) is 5.32 Å². The molecule has 1 aromatic carbocycles. The van der Waals surface area contributed by atoms with Gasteiger partial charge in [0.05, 0.1) is 0 Å². The summed E-state index contributed by atoms with van der Waals surface area (Å²) in [5.74, 6) is -3.18. The summed E-state index contributed by atoms with van der Waals surface area (Å²) >= 11 is 8.91. The Bertz CT molecular complexity index is 473. The minimum atomic E-state index is -3.18. The molecule has 0 bridgehead atoms. The number of rotatable bonds is 1. The van der Waals surface area contributed by atoms with Gasteiger partial charge < -0.3 is 10.1 Å². The Morgan fingerprint density at radius 1 is 1.50 bits per heavy atom. The molecule has 8 heteroatoms. The number of ether oxygens (including phenoxy) is 1. The second kappa shape index (κ2) is 5.59. The molecule has 3 nitrogen and oxygen atoms in total. The summed E-state index contributed by atoms with van der Waals surface area (Å²) in [6.07, 6.45) is -0.868. The van der Waals surface area contributed by atoms with Crippen LogP contribution in [0.25, 0.3) is 0 Å². The number of benzene rings is 1. The van der Waals surface area contributed by atoms with Crippen molar-refractivity contribution in [3.8, 4) is 0 Å². The number of carbonyl (C=O) groups is 1. The molecule has 1 atom stereocenters. The second-order valence-corrected chi connectivity index (χ2v) is 4.87. The van der Waals surface area contributed by atoms with Crippen molar-refractivity contribution in [2.45, 2.75) is 12.0 Å². The maximum Gasteiger partial charge on any atom is 0.408 e. The Hall–Kier alpha value is -0.590. The summed E-state index contributed by atoms with van der Waals surface area (Å²) in [6.45, 7) is -0.942. The van der Waals surface area contributed by atoms with E-state index in [1.54, 1.807) is 12.1 Å². The van der Waals surface area contributed by atoms with Crippen LogP contribution in [-0.2, 0) is 4.74 Å². The summed E-state index contributed by atoms with van der Waals surface area (Å²) in [5, 5.41) is 2.41. The Balaban J connectivity index is 0.00000162. The first kappa shape index (κ1) is 15.5. The van der Waals surface area contributed by atoms with Gasteiger partial charge in [-0.25, -0.2) is 13.6 Å². The highest BCUT2D eigenvalue weighted by atomic mass is 79.9. The van der Waals surface area contributed by atoms with Crippen molar-refractivity contribution in [1.29, 1.82) is 0 Å². The molecule has 1 amide bonds. The van der Waals surface area contributed by atoms with Crippen LogP contribution < -0.4 is 5.32 Å². The molecule has 0 radical (unpaired) electrons. The lowest BCUT2D eigenvalue weighted by Gasteiger charge is -2.32. The molecule has 1 N–H and O–H groups in total. The summed E-state index contributed by atoms with van der Waals surface area (Å²) in [5.41, 5.74) is 0.221. The van der Waals surface area contributed by atoms with E-state index in [-0.39, 0.29) is 18.0 Å². The van der Waals surface area contributed by atoms with Crippen LogP contribution in [0.4, 0.5) is 13.6 Å². The Morgan fingerprint density at radius 3 is 2.83 bits per heavy atom. The molecule has 2 rings (SSSR count). The van der Waals surface area contributed by atoms with Crippen LogP contribution in [0.2, 0.25) is 5.02 Å². The van der Waals surface area contributed by atoms with Crippen molar-refractivity contribution in [2.24, 2.45) is 0 Å². The number of hydrogen-bond donors (Lipinski definition) is 1. The molecular formula is C10H8BrCl2F2NO2. The van der Waals surface area contributed by atoms with Crippen molar-refractivity contribution in [3.05, 3.63) is 33.3 Å². The first-order valence-corrected chi connectivity index (χ1v) is 5.83. The molecular weight excluding hydrogens is 355 g/mol. The van der Waals surface area contributed by atoms with E-state index in [2.05, 4.69) is 26.0 Å². The molecule has 1 aliphatic heterocycles. The van der Waals surface area contributed by atoms with Gasteiger partial charge >= 0.3 is 12.0 Å². The number of cyclic esters (lactones) is 1. The van der Waals surface area contributed by atoms with Gasteiger partial charge in [-0.15, -0.1) is 12.4 Å². The number of hydrogen-bond acceptors (Lipinski definition) is 2. The fourth-order valence-corrected chi connectivity index (χ4v) is 2.21. The van der Waals surface area contributed by atoms with E-state index in [0.29, 0.717) is 9.50 Å². The van der Waals surface area contributed by atoms with Crippen molar-refractivity contribution in [2.75, 3.05) is 6.61 Å². The number of amides is 1. The predicted octanol–water partition coefficient (Wildman–Crippen LogP) is 3.94. The van der Waals surface area contributed by atoms with Crippen LogP contribution in [-0.4, -0.2) is 18.6 Å². The lowest BCUT2D eigenvalue weighted by Crippen LogP contribution is -2.49. The quantitative estimate of drug-likeness (QED) is 0.821. The number of halogens is 5. The van der Waals surface area contributed by atoms with Gasteiger partial charge in [0.2, 0.25) is 0 Å². The summed E-state index contributed by atoms with van der Waals surface area (Å²) in [4.78, 5) is 11.0. The molecule has 0 unspecified atom stereocenters. The van der Waals surface area contributed by atoms with Gasteiger partial charge in [-0.2, -0.15) is 0 Å². The van der Waals surface area contributed by atoms with E-state index in [1.807, 2.05) is 0 Å². The topological polar surface area (TPSA) is 38.3 Å². The normalized spacial score (nSPS) is 21.6. The van der Waals surface area contributed by atoms with Crippen molar-refractivity contribution in [3.63, 3.8) is 0 Å². The summed E-state index contributed by atoms with van der Waals surface area (Å²) in [6, 6.07) is 3.05. The van der Waals surface area contributed by atoms with Crippen LogP contribution in [0, 0.1) is 0 Å². The molecule has 0 spiro atoms. The monoisotopic (exact) mass is 361 g/mol. The van der Waals surface area contributed by atoms with E-state index >= 15 is 0 Å². The van der Waals surface area contributed by atoms with Gasteiger partial charge in [-0.3, -0.25) is 0 Å². The van der Waals surface area contributed by atoms with Gasteiger partial charge in [-0.1, -0.05) is 27.5 Å². The van der Waals surface area contributed by atoms with Crippen LogP contribution >= 0.6 is 39.9 Å². The third-order valence-corrected chi connectivity index (χ3v) is 3.31. The van der Waals surface area contributed by atoms with Crippen LogP contribution in [0.1, 0.15) is 11.6 Å². The third kappa shape index (κ3) is 3.05. The maximum absolute atomic E-state index is 13.6. The highest BCUT2D eigenvalue weighted by Crippen LogP contribution is 2.38. The maximum atomic E-state index is 13.6. The second-order valence-electron chi connectivity index (χ2n) is 3.58. The number of nitrogens with one attached hydrogen (secondary N) is 1. The average molecular weight is 363 g/mol. The molecule has 1 saturated heterocycles. The molecule has 0 aromatic heterocycles.